The van der Waals surface area contributed by atoms with Gasteiger partial charge < -0.3 is 0 Å². The van der Waals surface area contributed by atoms with Crippen molar-refractivity contribution >= 4 is 15.7 Å². The van der Waals surface area contributed by atoms with Crippen molar-refractivity contribution in [2.24, 2.45) is 0 Å². The zero-order chi connectivity index (χ0) is 12.5. The van der Waals surface area contributed by atoms with Crippen molar-refractivity contribution in [3.05, 3.63) is 29.6 Å². The lowest BCUT2D eigenvalue weighted by Gasteiger charge is -2.11. The highest BCUT2D eigenvalue weighted by Gasteiger charge is 2.20. The second-order valence-corrected chi connectivity index (χ2v) is 5.68. The number of rotatable bonds is 3. The second-order valence-electron chi connectivity index (χ2n) is 3.44. The van der Waals surface area contributed by atoms with Gasteiger partial charge in [0.05, 0.1) is 10.9 Å². The van der Waals surface area contributed by atoms with Gasteiger partial charge in [0.25, 0.3) is 0 Å². The summed E-state index contributed by atoms with van der Waals surface area (Å²) in [5, 5.41) is -0.835. The fourth-order valence-corrected chi connectivity index (χ4v) is 1.59. The van der Waals surface area contributed by atoms with Crippen LogP contribution >= 0.6 is 0 Å². The molecule has 0 fully saturated rings. The van der Waals surface area contributed by atoms with Gasteiger partial charge in [0.1, 0.15) is 5.82 Å². The minimum atomic E-state index is -3.83. The molecule has 0 aliphatic heterocycles. The molecule has 1 rings (SSSR count). The zero-order valence-electron chi connectivity index (χ0n) is 8.59. The Kier molecular flexibility index (Phi) is 3.47. The van der Waals surface area contributed by atoms with Gasteiger partial charge in [-0.3, -0.25) is 4.72 Å². The first kappa shape index (κ1) is 12.8. The summed E-state index contributed by atoms with van der Waals surface area (Å²) < 4.78 is 63.1. The van der Waals surface area contributed by atoms with Crippen molar-refractivity contribution in [3.63, 3.8) is 0 Å². The summed E-state index contributed by atoms with van der Waals surface area (Å²) in [7, 11) is -3.83. The minimum Gasteiger partial charge on any atom is -0.280 e. The molecule has 3 nitrogen and oxygen atoms in total. The molecule has 0 saturated carbocycles. The SMILES string of the molecule is CC(C)S(=O)(=O)Nc1cc(F)cc(F)c1F. The van der Waals surface area contributed by atoms with Crippen LogP contribution in [0.4, 0.5) is 18.9 Å². The predicted molar refractivity (Wildman–Crippen MR) is 54.0 cm³/mol. The average molecular weight is 253 g/mol. The van der Waals surface area contributed by atoms with Gasteiger partial charge in [-0.25, -0.2) is 21.6 Å². The Bertz CT molecular complexity index is 500. The number of sulfonamides is 1. The van der Waals surface area contributed by atoms with Crippen molar-refractivity contribution in [2.45, 2.75) is 19.1 Å². The van der Waals surface area contributed by atoms with Crippen LogP contribution < -0.4 is 4.72 Å². The number of hydrogen-bond acceptors (Lipinski definition) is 2. The van der Waals surface area contributed by atoms with Crippen molar-refractivity contribution in [2.75, 3.05) is 4.72 Å². The number of hydrogen-bond donors (Lipinski definition) is 1. The van der Waals surface area contributed by atoms with Gasteiger partial charge in [-0.1, -0.05) is 0 Å². The Hall–Kier alpha value is -1.24. The summed E-state index contributed by atoms with van der Waals surface area (Å²) >= 11 is 0. The zero-order valence-corrected chi connectivity index (χ0v) is 9.41. The van der Waals surface area contributed by atoms with E-state index in [0.29, 0.717) is 12.1 Å². The van der Waals surface area contributed by atoms with E-state index in [0.717, 1.165) is 0 Å². The maximum Gasteiger partial charge on any atom is 0.235 e. The maximum absolute atomic E-state index is 13.1. The third-order valence-electron chi connectivity index (χ3n) is 1.87. The monoisotopic (exact) mass is 253 g/mol. The van der Waals surface area contributed by atoms with Gasteiger partial charge in [-0.05, 0) is 13.8 Å². The number of benzene rings is 1. The fourth-order valence-electron chi connectivity index (χ4n) is 0.901. The highest BCUT2D eigenvalue weighted by atomic mass is 32.2. The van der Waals surface area contributed by atoms with E-state index in [9.17, 15) is 21.6 Å². The molecule has 1 aromatic carbocycles. The molecule has 0 saturated heterocycles. The third kappa shape index (κ3) is 2.66. The summed E-state index contributed by atoms with van der Waals surface area (Å²) in [5.74, 6) is -3.92. The van der Waals surface area contributed by atoms with Gasteiger partial charge in [0.2, 0.25) is 10.0 Å². The van der Waals surface area contributed by atoms with E-state index in [4.69, 9.17) is 0 Å². The largest absolute Gasteiger partial charge is 0.280 e. The molecule has 0 amide bonds. The quantitative estimate of drug-likeness (QED) is 0.840. The Morgan fingerprint density at radius 2 is 1.75 bits per heavy atom. The molecule has 0 aliphatic rings. The smallest absolute Gasteiger partial charge is 0.235 e. The van der Waals surface area contributed by atoms with Gasteiger partial charge >= 0.3 is 0 Å². The van der Waals surface area contributed by atoms with Crippen molar-refractivity contribution in [3.8, 4) is 0 Å². The third-order valence-corrected chi connectivity index (χ3v) is 3.61. The topological polar surface area (TPSA) is 46.2 Å². The summed E-state index contributed by atoms with van der Waals surface area (Å²) in [5.41, 5.74) is -0.730. The molecule has 0 spiro atoms. The van der Waals surface area contributed by atoms with Crippen molar-refractivity contribution < 1.29 is 21.6 Å². The van der Waals surface area contributed by atoms with Crippen LogP contribution in [0.5, 0.6) is 0 Å². The molecule has 0 aromatic heterocycles. The normalized spacial score (nSPS) is 11.9. The van der Waals surface area contributed by atoms with E-state index in [1.165, 1.54) is 13.8 Å². The molecule has 0 radical (unpaired) electrons. The first-order chi connectivity index (χ1) is 7.24. The summed E-state index contributed by atoms with van der Waals surface area (Å²) in [4.78, 5) is 0. The number of nitrogens with one attached hydrogen (secondary N) is 1. The molecule has 0 heterocycles. The summed E-state index contributed by atoms with van der Waals surface area (Å²) in [6, 6.07) is 0.918. The van der Waals surface area contributed by atoms with E-state index >= 15 is 0 Å². The van der Waals surface area contributed by atoms with Crippen LogP contribution in [0.15, 0.2) is 12.1 Å². The van der Waals surface area contributed by atoms with Crippen LogP contribution in [-0.2, 0) is 10.0 Å². The minimum absolute atomic E-state index is 0.336. The lowest BCUT2D eigenvalue weighted by molar-refractivity contribution is 0.498. The van der Waals surface area contributed by atoms with Gasteiger partial charge in [0.15, 0.2) is 11.6 Å². The van der Waals surface area contributed by atoms with Crippen LogP contribution in [0.1, 0.15) is 13.8 Å². The van der Waals surface area contributed by atoms with Crippen LogP contribution in [0, 0.1) is 17.5 Å². The molecular formula is C9H10F3NO2S. The van der Waals surface area contributed by atoms with Gasteiger partial charge in [0, 0.05) is 12.1 Å². The average Bonchev–Trinajstić information content (AvgIpc) is 2.12. The van der Waals surface area contributed by atoms with E-state index in [1.807, 2.05) is 0 Å². The first-order valence-electron chi connectivity index (χ1n) is 4.40. The Labute approximate surface area is 91.3 Å². The lowest BCUT2D eigenvalue weighted by atomic mass is 10.3. The molecule has 16 heavy (non-hydrogen) atoms. The predicted octanol–water partition coefficient (Wildman–Crippen LogP) is 2.25. The summed E-state index contributed by atoms with van der Waals surface area (Å²) in [6.07, 6.45) is 0. The van der Waals surface area contributed by atoms with Gasteiger partial charge in [-0.2, -0.15) is 0 Å². The molecule has 0 bridgehead atoms. The molecule has 90 valence electrons. The van der Waals surface area contributed by atoms with Gasteiger partial charge in [-0.15, -0.1) is 0 Å². The molecule has 1 N–H and O–H groups in total. The van der Waals surface area contributed by atoms with Crippen molar-refractivity contribution in [1.29, 1.82) is 0 Å². The fraction of sp³-hybridized carbons (Fsp3) is 0.333. The van der Waals surface area contributed by atoms with Crippen LogP contribution in [0.25, 0.3) is 0 Å². The first-order valence-corrected chi connectivity index (χ1v) is 5.95. The molecule has 0 aliphatic carbocycles. The second kappa shape index (κ2) is 4.32. The molecule has 7 heteroatoms. The maximum atomic E-state index is 13.1. The molecular weight excluding hydrogens is 243 g/mol. The molecule has 0 unspecified atom stereocenters. The van der Waals surface area contributed by atoms with E-state index in [2.05, 4.69) is 0 Å². The highest BCUT2D eigenvalue weighted by Crippen LogP contribution is 2.21. The highest BCUT2D eigenvalue weighted by molar-refractivity contribution is 7.93. The standard InChI is InChI=1S/C9H10F3NO2S/c1-5(2)16(14,15)13-8-4-6(10)3-7(11)9(8)12/h3-5,13H,1-2H3. The van der Waals surface area contributed by atoms with Crippen LogP contribution in [0.3, 0.4) is 0 Å². The van der Waals surface area contributed by atoms with E-state index < -0.39 is 38.4 Å². The number of anilines is 1. The Morgan fingerprint density at radius 1 is 1.19 bits per heavy atom. The van der Waals surface area contributed by atoms with E-state index in [1.54, 1.807) is 4.72 Å². The molecule has 1 aromatic rings. The van der Waals surface area contributed by atoms with Crippen LogP contribution in [0.2, 0.25) is 0 Å². The van der Waals surface area contributed by atoms with E-state index in [-0.39, 0.29) is 0 Å². The molecule has 0 atom stereocenters. The Balaban J connectivity index is 3.17. The number of halogens is 3. The van der Waals surface area contributed by atoms with Crippen LogP contribution in [-0.4, -0.2) is 13.7 Å². The van der Waals surface area contributed by atoms with Crippen molar-refractivity contribution in [1.82, 2.24) is 0 Å². The Morgan fingerprint density at radius 3 is 2.25 bits per heavy atom. The lowest BCUT2D eigenvalue weighted by Crippen LogP contribution is -2.23. The summed E-state index contributed by atoms with van der Waals surface area (Å²) in [6.45, 7) is 2.71.